The zero-order valence-electron chi connectivity index (χ0n) is 9.30. The molecule has 108 valence electrons. The summed E-state index contributed by atoms with van der Waals surface area (Å²) in [6.45, 7) is 0. The molecule has 1 rings (SSSR count). The molecule has 0 radical (unpaired) electrons. The van der Waals surface area contributed by atoms with E-state index in [2.05, 4.69) is 4.43 Å². The second-order valence-corrected chi connectivity index (χ2v) is 4.02. The van der Waals surface area contributed by atoms with Crippen LogP contribution >= 0.6 is 0 Å². The molecule has 0 spiro atoms. The molecule has 0 aromatic heterocycles. The number of halogens is 6. The summed E-state index contributed by atoms with van der Waals surface area (Å²) in [6.07, 6.45) is -10.1. The normalized spacial score (nSPS) is 13.9. The lowest BCUT2D eigenvalue weighted by Gasteiger charge is -2.23. The zero-order valence-corrected chi connectivity index (χ0v) is 11.3. The van der Waals surface area contributed by atoms with Gasteiger partial charge in [0.2, 0.25) is 0 Å². The van der Waals surface area contributed by atoms with Gasteiger partial charge in [0.15, 0.2) is 10.5 Å². The highest BCUT2D eigenvalue weighted by Gasteiger charge is 2.39. The summed E-state index contributed by atoms with van der Waals surface area (Å²) in [7, 11) is -0.306. The fraction of sp³-hybridized carbons (Fsp3) is 0.333. The zero-order chi connectivity index (χ0) is 15.1. The van der Waals surface area contributed by atoms with Crippen LogP contribution in [-0.2, 0) is 22.8 Å². The summed E-state index contributed by atoms with van der Waals surface area (Å²) in [5.74, 6) is -3.19. The first kappa shape index (κ1) is 16.0. The van der Waals surface area contributed by atoms with Gasteiger partial charge in [0, 0.05) is 5.56 Å². The van der Waals surface area contributed by atoms with Crippen LogP contribution in [0.5, 0.6) is 0 Å². The summed E-state index contributed by atoms with van der Waals surface area (Å²) in [4.78, 5) is 0. The van der Waals surface area contributed by atoms with Gasteiger partial charge in [-0.15, -0.1) is 0 Å². The predicted octanol–water partition coefficient (Wildman–Crippen LogP) is 1.12. The van der Waals surface area contributed by atoms with Crippen molar-refractivity contribution in [2.24, 2.45) is 0 Å². The average molecular weight is 306 g/mol. The Morgan fingerprint density at radius 2 is 1.11 bits per heavy atom. The van der Waals surface area contributed by atoms with Gasteiger partial charge in [0.05, 0.1) is 11.1 Å². The SMILES string of the molecule is OC(O)(O[SiH3])c1cc(C(F)(F)F)cc(C(F)(F)F)c1. The molecule has 0 aliphatic rings. The molecular formula is C9H8F6O3Si. The number of hydrogen-bond donors (Lipinski definition) is 2. The number of rotatable bonds is 2. The minimum Gasteiger partial charge on any atom is -0.377 e. The van der Waals surface area contributed by atoms with E-state index in [-0.39, 0.29) is 28.7 Å². The molecule has 0 unspecified atom stereocenters. The van der Waals surface area contributed by atoms with Crippen LogP contribution in [0.3, 0.4) is 0 Å². The molecule has 1 aromatic carbocycles. The van der Waals surface area contributed by atoms with Crippen LogP contribution in [0.15, 0.2) is 18.2 Å². The Labute approximate surface area is 106 Å². The molecule has 1 aromatic rings. The molecule has 0 fully saturated rings. The van der Waals surface area contributed by atoms with Gasteiger partial charge < -0.3 is 14.6 Å². The number of alkyl halides is 6. The van der Waals surface area contributed by atoms with Crippen molar-refractivity contribution in [1.29, 1.82) is 0 Å². The van der Waals surface area contributed by atoms with Gasteiger partial charge in [0.25, 0.3) is 5.97 Å². The molecule has 0 aliphatic heterocycles. The molecule has 3 nitrogen and oxygen atoms in total. The minimum atomic E-state index is -5.06. The Balaban J connectivity index is 3.51. The quantitative estimate of drug-likeness (QED) is 0.489. The van der Waals surface area contributed by atoms with E-state index in [1.54, 1.807) is 0 Å². The van der Waals surface area contributed by atoms with Crippen molar-refractivity contribution in [2.75, 3.05) is 0 Å². The Morgan fingerprint density at radius 3 is 1.37 bits per heavy atom. The van der Waals surface area contributed by atoms with Crippen molar-refractivity contribution in [3.8, 4) is 0 Å². The fourth-order valence-electron chi connectivity index (χ4n) is 1.26. The highest BCUT2D eigenvalue weighted by molar-refractivity contribution is 5.98. The summed E-state index contributed by atoms with van der Waals surface area (Å²) >= 11 is 0. The smallest absolute Gasteiger partial charge is 0.377 e. The van der Waals surface area contributed by atoms with Gasteiger partial charge in [0.1, 0.15) is 0 Å². The third-order valence-corrected chi connectivity index (χ3v) is 2.82. The Morgan fingerprint density at radius 1 is 0.789 bits per heavy atom. The highest BCUT2D eigenvalue weighted by atomic mass is 28.2. The topological polar surface area (TPSA) is 49.7 Å². The number of hydrogen-bond acceptors (Lipinski definition) is 3. The van der Waals surface area contributed by atoms with Crippen LogP contribution in [0, 0.1) is 0 Å². The van der Waals surface area contributed by atoms with Crippen molar-refractivity contribution in [3.05, 3.63) is 34.9 Å². The molecule has 0 atom stereocenters. The third-order valence-electron chi connectivity index (χ3n) is 2.25. The first-order chi connectivity index (χ1) is 8.38. The van der Waals surface area contributed by atoms with Gasteiger partial charge in [-0.1, -0.05) is 0 Å². The number of aliphatic hydroxyl groups is 2. The molecule has 0 amide bonds. The minimum absolute atomic E-state index is 0.118. The van der Waals surface area contributed by atoms with Crippen molar-refractivity contribution in [1.82, 2.24) is 0 Å². The van der Waals surface area contributed by atoms with Crippen molar-refractivity contribution in [2.45, 2.75) is 18.3 Å². The Bertz CT molecular complexity index is 436. The largest absolute Gasteiger partial charge is 0.416 e. The Hall–Kier alpha value is -1.10. The van der Waals surface area contributed by atoms with E-state index in [1.165, 1.54) is 0 Å². The van der Waals surface area contributed by atoms with Gasteiger partial charge in [-0.25, -0.2) is 0 Å². The lowest BCUT2D eigenvalue weighted by atomic mass is 10.0. The monoisotopic (exact) mass is 306 g/mol. The molecule has 0 heterocycles. The van der Waals surface area contributed by atoms with Crippen LogP contribution in [0.1, 0.15) is 16.7 Å². The molecule has 2 N–H and O–H groups in total. The standard InChI is InChI=1S/C9H8F6O3Si/c10-7(11,12)4-1-5(8(13,14)15)3-6(2-4)9(16,17)18-19/h1-3,16-17H,19H3. The summed E-state index contributed by atoms with van der Waals surface area (Å²) in [6, 6.07) is 0.257. The maximum absolute atomic E-state index is 12.5. The average Bonchev–Trinajstić information content (AvgIpc) is 2.26. The molecule has 0 aliphatic carbocycles. The van der Waals surface area contributed by atoms with Crippen LogP contribution in [-0.4, -0.2) is 20.7 Å². The number of benzene rings is 1. The van der Waals surface area contributed by atoms with E-state index >= 15 is 0 Å². The first-order valence-electron chi connectivity index (χ1n) is 4.68. The lowest BCUT2D eigenvalue weighted by Crippen LogP contribution is -2.29. The van der Waals surface area contributed by atoms with E-state index in [4.69, 9.17) is 0 Å². The first-order valence-corrected chi connectivity index (χ1v) is 5.49. The molecule has 0 saturated carbocycles. The van der Waals surface area contributed by atoms with Crippen molar-refractivity contribution in [3.63, 3.8) is 0 Å². The Kier molecular flexibility index (Phi) is 4.01. The highest BCUT2D eigenvalue weighted by Crippen LogP contribution is 2.38. The lowest BCUT2D eigenvalue weighted by molar-refractivity contribution is -0.303. The maximum atomic E-state index is 12.5. The van der Waals surface area contributed by atoms with E-state index in [0.717, 1.165) is 0 Å². The fourth-order valence-corrected chi connectivity index (χ4v) is 1.50. The summed E-state index contributed by atoms with van der Waals surface area (Å²) < 4.78 is 79.0. The van der Waals surface area contributed by atoms with Crippen LogP contribution < -0.4 is 0 Å². The second-order valence-electron chi connectivity index (χ2n) is 3.61. The maximum Gasteiger partial charge on any atom is 0.416 e. The van der Waals surface area contributed by atoms with Gasteiger partial charge in [-0.05, 0) is 18.2 Å². The van der Waals surface area contributed by atoms with E-state index in [1.807, 2.05) is 0 Å². The van der Waals surface area contributed by atoms with Crippen LogP contribution in [0.2, 0.25) is 0 Å². The van der Waals surface area contributed by atoms with Gasteiger partial charge >= 0.3 is 12.4 Å². The van der Waals surface area contributed by atoms with Crippen LogP contribution in [0.4, 0.5) is 26.3 Å². The second kappa shape index (κ2) is 4.78. The molecule has 0 saturated heterocycles. The van der Waals surface area contributed by atoms with Crippen LogP contribution in [0.25, 0.3) is 0 Å². The predicted molar refractivity (Wildman–Crippen MR) is 53.6 cm³/mol. The van der Waals surface area contributed by atoms with E-state index in [0.29, 0.717) is 0 Å². The third kappa shape index (κ3) is 3.69. The summed E-state index contributed by atoms with van der Waals surface area (Å²) in [5, 5.41) is 18.4. The molecule has 19 heavy (non-hydrogen) atoms. The molecule has 0 bridgehead atoms. The van der Waals surface area contributed by atoms with E-state index < -0.39 is 35.0 Å². The summed E-state index contributed by atoms with van der Waals surface area (Å²) in [5.41, 5.74) is -4.34. The molecule has 10 heteroatoms. The van der Waals surface area contributed by atoms with Gasteiger partial charge in [-0.2, -0.15) is 26.3 Å². The van der Waals surface area contributed by atoms with Crippen molar-refractivity contribution < 1.29 is 41.0 Å². The van der Waals surface area contributed by atoms with Gasteiger partial charge in [-0.3, -0.25) is 0 Å². The molecular weight excluding hydrogens is 298 g/mol. The van der Waals surface area contributed by atoms with Crippen molar-refractivity contribution >= 4 is 10.5 Å². The van der Waals surface area contributed by atoms with E-state index in [9.17, 15) is 36.6 Å².